The first kappa shape index (κ1) is 16.3. The van der Waals surface area contributed by atoms with Gasteiger partial charge in [-0.2, -0.15) is 0 Å². The summed E-state index contributed by atoms with van der Waals surface area (Å²) >= 11 is 0. The quantitative estimate of drug-likeness (QED) is 0.467. The van der Waals surface area contributed by atoms with Gasteiger partial charge in [0, 0.05) is 25.7 Å². The number of aliphatic hydroxyl groups is 1. The maximum atomic E-state index is 9.24. The Morgan fingerprint density at radius 1 is 1.32 bits per heavy atom. The molecule has 1 fully saturated rings. The van der Waals surface area contributed by atoms with Crippen molar-refractivity contribution in [2.45, 2.75) is 59.4 Å². The summed E-state index contributed by atoms with van der Waals surface area (Å²) in [6.07, 6.45) is 4.20. The highest BCUT2D eigenvalue weighted by atomic mass is 16.3. The molecule has 1 saturated carbocycles. The Hall–Kier alpha value is -0.770. The van der Waals surface area contributed by atoms with E-state index in [0.717, 1.165) is 44.2 Å². The van der Waals surface area contributed by atoms with Crippen LogP contribution in [0.15, 0.2) is 4.99 Å². The fourth-order valence-electron chi connectivity index (χ4n) is 2.41. The van der Waals surface area contributed by atoms with E-state index in [1.807, 2.05) is 0 Å². The summed E-state index contributed by atoms with van der Waals surface area (Å²) < 4.78 is 0. The summed E-state index contributed by atoms with van der Waals surface area (Å²) in [6.45, 7) is 10.7. The third kappa shape index (κ3) is 5.01. The minimum absolute atomic E-state index is 0.145. The Labute approximate surface area is 118 Å². The molecule has 3 N–H and O–H groups in total. The largest absolute Gasteiger partial charge is 0.396 e. The van der Waals surface area contributed by atoms with Crippen LogP contribution in [-0.2, 0) is 0 Å². The zero-order valence-corrected chi connectivity index (χ0v) is 13.0. The summed E-state index contributed by atoms with van der Waals surface area (Å²) in [6, 6.07) is 0.591. The number of aliphatic imine (C=N–C) groups is 1. The van der Waals surface area contributed by atoms with Crippen molar-refractivity contribution in [3.05, 3.63) is 0 Å². The number of nitrogens with zero attached hydrogens (tertiary/aromatic N) is 1. The van der Waals surface area contributed by atoms with Gasteiger partial charge < -0.3 is 15.7 Å². The molecule has 0 spiro atoms. The Bertz CT molecular complexity index is 287. The monoisotopic (exact) mass is 269 g/mol. The number of aliphatic hydroxyl groups excluding tert-OH is 1. The molecular formula is C15H31N3O. The first-order valence-corrected chi connectivity index (χ1v) is 7.76. The van der Waals surface area contributed by atoms with Gasteiger partial charge in [0.15, 0.2) is 5.96 Å². The Morgan fingerprint density at radius 3 is 2.37 bits per heavy atom. The molecule has 0 aliphatic heterocycles. The van der Waals surface area contributed by atoms with Gasteiger partial charge in [-0.25, -0.2) is 0 Å². The second kappa shape index (κ2) is 7.73. The maximum absolute atomic E-state index is 9.24. The molecule has 19 heavy (non-hydrogen) atoms. The topological polar surface area (TPSA) is 56.7 Å². The van der Waals surface area contributed by atoms with Crippen LogP contribution < -0.4 is 10.6 Å². The van der Waals surface area contributed by atoms with E-state index in [-0.39, 0.29) is 12.0 Å². The molecular weight excluding hydrogens is 238 g/mol. The lowest BCUT2D eigenvalue weighted by atomic mass is 9.79. The molecule has 2 atom stereocenters. The van der Waals surface area contributed by atoms with E-state index in [0.29, 0.717) is 6.04 Å². The van der Waals surface area contributed by atoms with E-state index in [2.05, 4.69) is 38.3 Å². The molecule has 0 heterocycles. The van der Waals surface area contributed by atoms with E-state index in [1.165, 1.54) is 6.42 Å². The molecule has 1 aliphatic carbocycles. The third-order valence-electron chi connectivity index (χ3n) is 4.49. The third-order valence-corrected chi connectivity index (χ3v) is 4.49. The number of nitrogens with one attached hydrogen (secondary N) is 2. The van der Waals surface area contributed by atoms with Crippen molar-refractivity contribution >= 4 is 5.96 Å². The van der Waals surface area contributed by atoms with Gasteiger partial charge in [0.25, 0.3) is 0 Å². The van der Waals surface area contributed by atoms with Crippen LogP contribution in [0.5, 0.6) is 0 Å². The van der Waals surface area contributed by atoms with Crippen LogP contribution >= 0.6 is 0 Å². The van der Waals surface area contributed by atoms with Crippen molar-refractivity contribution in [2.24, 2.45) is 16.3 Å². The van der Waals surface area contributed by atoms with Crippen LogP contribution in [0.3, 0.4) is 0 Å². The molecule has 4 heteroatoms. The standard InChI is InChI=1S/C15H31N3O/c1-5-15(6-2,8-9-19)11-17-14(16-7-3)18-13-10-12(13)4/h12-13,19H,5-11H2,1-4H3,(H2,16,17,18). The van der Waals surface area contributed by atoms with Gasteiger partial charge in [-0.1, -0.05) is 20.8 Å². The molecule has 0 aromatic heterocycles. The predicted molar refractivity (Wildman–Crippen MR) is 81.4 cm³/mol. The first-order valence-electron chi connectivity index (χ1n) is 7.76. The van der Waals surface area contributed by atoms with Crippen LogP contribution in [0.2, 0.25) is 0 Å². The van der Waals surface area contributed by atoms with E-state index in [1.54, 1.807) is 0 Å². The number of hydrogen-bond acceptors (Lipinski definition) is 2. The molecule has 0 radical (unpaired) electrons. The lowest BCUT2D eigenvalue weighted by molar-refractivity contribution is 0.175. The van der Waals surface area contributed by atoms with E-state index in [9.17, 15) is 5.11 Å². The smallest absolute Gasteiger partial charge is 0.191 e. The Balaban J connectivity index is 2.60. The van der Waals surface area contributed by atoms with Crippen molar-refractivity contribution in [3.63, 3.8) is 0 Å². The van der Waals surface area contributed by atoms with Gasteiger partial charge in [0.2, 0.25) is 0 Å². The SMILES string of the molecule is CCNC(=NCC(CC)(CC)CCO)NC1CC1C. The van der Waals surface area contributed by atoms with E-state index >= 15 is 0 Å². The minimum atomic E-state index is 0.145. The van der Waals surface area contributed by atoms with Gasteiger partial charge in [-0.05, 0) is 43.9 Å². The second-order valence-corrected chi connectivity index (χ2v) is 5.84. The summed E-state index contributed by atoms with van der Waals surface area (Å²) in [5.74, 6) is 1.70. The predicted octanol–water partition coefficient (Wildman–Crippen LogP) is 2.14. The van der Waals surface area contributed by atoms with Crippen LogP contribution in [-0.4, -0.2) is 36.8 Å². The van der Waals surface area contributed by atoms with E-state index < -0.39 is 0 Å². The highest BCUT2D eigenvalue weighted by molar-refractivity contribution is 5.80. The second-order valence-electron chi connectivity index (χ2n) is 5.84. The van der Waals surface area contributed by atoms with Crippen molar-refractivity contribution in [2.75, 3.05) is 19.7 Å². The van der Waals surface area contributed by atoms with Crippen LogP contribution in [0.4, 0.5) is 0 Å². The normalized spacial score (nSPS) is 23.3. The molecule has 0 saturated heterocycles. The van der Waals surface area contributed by atoms with Gasteiger partial charge in [-0.15, -0.1) is 0 Å². The molecule has 1 rings (SSSR count). The summed E-state index contributed by atoms with van der Waals surface area (Å²) in [7, 11) is 0. The highest BCUT2D eigenvalue weighted by Crippen LogP contribution is 2.31. The van der Waals surface area contributed by atoms with Crippen molar-refractivity contribution in [3.8, 4) is 0 Å². The fourth-order valence-corrected chi connectivity index (χ4v) is 2.41. The molecule has 4 nitrogen and oxygen atoms in total. The molecule has 0 amide bonds. The average molecular weight is 269 g/mol. The van der Waals surface area contributed by atoms with Crippen molar-refractivity contribution in [1.82, 2.24) is 10.6 Å². The molecule has 1 aliphatic rings. The molecule has 0 bridgehead atoms. The number of guanidine groups is 1. The van der Waals surface area contributed by atoms with Gasteiger partial charge in [-0.3, -0.25) is 4.99 Å². The lowest BCUT2D eigenvalue weighted by Crippen LogP contribution is -2.40. The summed E-state index contributed by atoms with van der Waals surface area (Å²) in [4.78, 5) is 4.74. The Kier molecular flexibility index (Phi) is 6.63. The first-order chi connectivity index (χ1) is 9.10. The van der Waals surface area contributed by atoms with Crippen molar-refractivity contribution in [1.29, 1.82) is 0 Å². The molecule has 112 valence electrons. The number of hydrogen-bond donors (Lipinski definition) is 3. The summed E-state index contributed by atoms with van der Waals surface area (Å²) in [5.41, 5.74) is 0.145. The van der Waals surface area contributed by atoms with Gasteiger partial charge in [0.1, 0.15) is 0 Å². The number of rotatable bonds is 8. The zero-order valence-electron chi connectivity index (χ0n) is 13.0. The molecule has 0 aromatic carbocycles. The molecule has 0 aromatic rings. The summed E-state index contributed by atoms with van der Waals surface area (Å²) in [5, 5.41) is 16.0. The van der Waals surface area contributed by atoms with Crippen molar-refractivity contribution < 1.29 is 5.11 Å². The maximum Gasteiger partial charge on any atom is 0.191 e. The van der Waals surface area contributed by atoms with Crippen LogP contribution in [0.25, 0.3) is 0 Å². The fraction of sp³-hybridized carbons (Fsp3) is 0.933. The van der Waals surface area contributed by atoms with Crippen LogP contribution in [0.1, 0.15) is 53.4 Å². The minimum Gasteiger partial charge on any atom is -0.396 e. The Morgan fingerprint density at radius 2 is 1.95 bits per heavy atom. The average Bonchev–Trinajstić information content (AvgIpc) is 3.10. The zero-order chi connectivity index (χ0) is 14.3. The van der Waals surface area contributed by atoms with E-state index in [4.69, 9.17) is 4.99 Å². The van der Waals surface area contributed by atoms with Crippen LogP contribution in [0, 0.1) is 11.3 Å². The molecule has 2 unspecified atom stereocenters. The van der Waals surface area contributed by atoms with Gasteiger partial charge in [0.05, 0.1) is 0 Å². The van der Waals surface area contributed by atoms with Gasteiger partial charge >= 0.3 is 0 Å². The highest BCUT2D eigenvalue weighted by Gasteiger charge is 2.33. The lowest BCUT2D eigenvalue weighted by Gasteiger charge is -2.29.